The number of nitrogens with one attached hydrogen (secondary N) is 2. The first kappa shape index (κ1) is 58.5. The Morgan fingerprint density at radius 2 is 0.412 bits per heavy atom. The fraction of sp³-hybridized carbons (Fsp3) is 0.400. The highest BCUT2D eigenvalue weighted by Crippen LogP contribution is 2.44. The summed E-state index contributed by atoms with van der Waals surface area (Å²) in [7, 11) is 0. The van der Waals surface area contributed by atoms with Crippen molar-refractivity contribution >= 4 is 43.6 Å². The largest absolute Gasteiger partial charge is 0.394 e. The van der Waals surface area contributed by atoms with E-state index in [4.69, 9.17) is 9.97 Å². The molecule has 0 saturated carbocycles. The maximum absolute atomic E-state index is 10.8. The van der Waals surface area contributed by atoms with Gasteiger partial charge in [-0.15, -0.1) is 0 Å². The molecule has 8 atom stereocenters. The van der Waals surface area contributed by atoms with Gasteiger partial charge in [-0.2, -0.15) is 0 Å². The second kappa shape index (κ2) is 25.3. The molecule has 20 heteroatoms. The van der Waals surface area contributed by atoms with Crippen molar-refractivity contribution in [3.63, 3.8) is 0 Å². The molecule has 20 nitrogen and oxygen atoms in total. The molecule has 4 aromatic carbocycles. The normalized spacial score (nSPS) is 15.4. The van der Waals surface area contributed by atoms with Crippen LogP contribution in [0.4, 0.5) is 0 Å². The van der Waals surface area contributed by atoms with Crippen LogP contribution in [0.2, 0.25) is 0 Å². The van der Waals surface area contributed by atoms with Crippen molar-refractivity contribution in [2.24, 2.45) is 0 Å². The number of aliphatic hydroxyl groups excluding tert-OH is 16. The SMILES string of the molecule is OCC(O)Cc1cc2c(cc1CC(O)CO)-c1cc3[nH]c(cc4nc(cc5[nH]c(cc-2n1)c1cc(CC(O)CO)c(CC(O)CO)cc51)-c1cc(CC(O)CO)c(CC(O)CO)cc1-4)c1cc(CC(O)CO)c(CC(O)CO)cc31. The van der Waals surface area contributed by atoms with Crippen molar-refractivity contribution in [3.8, 4) is 45.0 Å². The molecule has 0 radical (unpaired) electrons. The summed E-state index contributed by atoms with van der Waals surface area (Å²) >= 11 is 0. The Bertz CT molecular complexity index is 3100. The summed E-state index contributed by atoms with van der Waals surface area (Å²) in [4.78, 5) is 17.7. The van der Waals surface area contributed by atoms with Gasteiger partial charge in [0.15, 0.2) is 0 Å². The molecule has 2 aliphatic heterocycles. The number of aromatic amines is 2. The van der Waals surface area contributed by atoms with Crippen molar-refractivity contribution in [3.05, 3.63) is 117 Å². The van der Waals surface area contributed by atoms with Crippen molar-refractivity contribution in [1.82, 2.24) is 19.9 Å². The average molecular weight is 1100 g/mol. The molecule has 80 heavy (non-hydrogen) atoms. The van der Waals surface area contributed by atoms with E-state index in [0.717, 1.165) is 0 Å². The fourth-order valence-corrected chi connectivity index (χ4v) is 11.1. The van der Waals surface area contributed by atoms with E-state index in [1.165, 1.54) is 0 Å². The van der Waals surface area contributed by atoms with Crippen LogP contribution in [-0.2, 0) is 51.4 Å². The maximum atomic E-state index is 10.8. The molecule has 8 unspecified atom stereocenters. The number of nitrogens with zero attached hydrogens (tertiary/aromatic N) is 2. The monoisotopic (exact) mass is 1100 g/mol. The molecular weight excluding hydrogens is 1030 g/mol. The first-order valence-corrected chi connectivity index (χ1v) is 26.8. The van der Waals surface area contributed by atoms with Gasteiger partial charge in [-0.3, -0.25) is 0 Å². The second-order valence-corrected chi connectivity index (χ2v) is 21.2. The summed E-state index contributed by atoms with van der Waals surface area (Å²) in [6.45, 7) is -4.43. The molecule has 0 aliphatic carbocycles. The summed E-state index contributed by atoms with van der Waals surface area (Å²) in [5, 5.41) is 169. The minimum Gasteiger partial charge on any atom is -0.394 e. The summed E-state index contributed by atoms with van der Waals surface area (Å²) in [6.07, 6.45) is -9.55. The van der Waals surface area contributed by atoms with E-state index in [1.807, 2.05) is 72.8 Å². The zero-order valence-electron chi connectivity index (χ0n) is 43.9. The number of H-pyrrole nitrogens is 2. The van der Waals surface area contributed by atoms with Crippen LogP contribution in [0.3, 0.4) is 0 Å². The highest BCUT2D eigenvalue weighted by molar-refractivity contribution is 6.11. The van der Waals surface area contributed by atoms with Gasteiger partial charge in [0.1, 0.15) is 0 Å². The van der Waals surface area contributed by atoms with Gasteiger partial charge in [-0.1, -0.05) is 0 Å². The topological polar surface area (TPSA) is 381 Å². The number of fused-ring (bicyclic) bond motifs is 20. The van der Waals surface area contributed by atoms with E-state index in [-0.39, 0.29) is 51.4 Å². The first-order chi connectivity index (χ1) is 38.5. The van der Waals surface area contributed by atoms with Crippen LogP contribution in [0.25, 0.3) is 88.6 Å². The van der Waals surface area contributed by atoms with Crippen molar-refractivity contribution in [2.75, 3.05) is 52.9 Å². The molecule has 5 heterocycles. The Labute approximate surface area is 459 Å². The number of rotatable bonds is 24. The summed E-state index contributed by atoms with van der Waals surface area (Å²) in [5.74, 6) is 0. The lowest BCUT2D eigenvalue weighted by Gasteiger charge is -2.17. The second-order valence-electron chi connectivity index (χ2n) is 21.2. The van der Waals surface area contributed by atoms with Gasteiger partial charge in [0.25, 0.3) is 0 Å². The molecular formula is C60H70N4O16. The Balaban J connectivity index is 1.48. The van der Waals surface area contributed by atoms with Gasteiger partial charge in [-0.05, 0) is 117 Å². The molecule has 0 fully saturated rings. The molecule has 0 saturated heterocycles. The van der Waals surface area contributed by atoms with Crippen LogP contribution in [-0.4, -0.2) is 203 Å². The summed E-state index contributed by atoms with van der Waals surface area (Å²) in [6, 6.07) is 21.9. The van der Waals surface area contributed by atoms with Crippen molar-refractivity contribution in [1.29, 1.82) is 0 Å². The summed E-state index contributed by atoms with van der Waals surface area (Å²) < 4.78 is 0. The van der Waals surface area contributed by atoms with Crippen LogP contribution < -0.4 is 0 Å². The highest BCUT2D eigenvalue weighted by atomic mass is 16.3. The van der Waals surface area contributed by atoms with Crippen LogP contribution in [0, 0.1) is 0 Å². The van der Waals surface area contributed by atoms with Crippen molar-refractivity contribution < 1.29 is 81.7 Å². The predicted octanol–water partition coefficient (Wildman–Crippen LogP) is 0.455. The number of hydrogen-bond acceptors (Lipinski definition) is 18. The van der Waals surface area contributed by atoms with Gasteiger partial charge in [0, 0.05) is 117 Å². The van der Waals surface area contributed by atoms with E-state index >= 15 is 0 Å². The van der Waals surface area contributed by atoms with Gasteiger partial charge in [0.05, 0.1) is 124 Å². The lowest BCUT2D eigenvalue weighted by Crippen LogP contribution is -2.20. The third kappa shape index (κ3) is 12.5. The zero-order chi connectivity index (χ0) is 57.1. The molecule has 0 spiro atoms. The zero-order valence-corrected chi connectivity index (χ0v) is 43.9. The van der Waals surface area contributed by atoms with Crippen molar-refractivity contribution in [2.45, 2.75) is 100 Å². The Hall–Kier alpha value is -6.12. The smallest absolute Gasteiger partial charge is 0.0811 e. The van der Waals surface area contributed by atoms with Crippen LogP contribution in [0.1, 0.15) is 44.5 Å². The third-order valence-corrected chi connectivity index (χ3v) is 15.1. The molecule has 2 aliphatic rings. The molecule has 0 amide bonds. The molecule has 9 rings (SSSR count). The van der Waals surface area contributed by atoms with Gasteiger partial charge < -0.3 is 91.7 Å². The van der Waals surface area contributed by atoms with Crippen LogP contribution in [0.5, 0.6) is 0 Å². The first-order valence-electron chi connectivity index (χ1n) is 26.8. The van der Waals surface area contributed by atoms with E-state index < -0.39 is 102 Å². The van der Waals surface area contributed by atoms with E-state index in [0.29, 0.717) is 133 Å². The summed E-state index contributed by atoms with van der Waals surface area (Å²) in [5.41, 5.74) is 10.7. The standard InChI is InChI=1S/C60H70N4O16/c65-21-37(73)1-29-9-45-46(10-30(29)2-38(74)22-66)54-18-56-49-13-33(5-41(77)25-69)34(6-42(78)26-70)14-50(49)58(63-56)20-60-52-16-36(8-44(80)28-72)35(7-43(79)27-71)15-51(52)59(64-60)19-57-48-12-32(4-40(76)24-68)31(3-39(75)23-67)11-47(48)55(62-57)17-53(45)61-54/h9-20,37-44,61,64-80H,1-8,21-28H2. The molecule has 426 valence electrons. The Kier molecular flexibility index (Phi) is 18.5. The number of aliphatic hydroxyl groups is 16. The maximum Gasteiger partial charge on any atom is 0.0811 e. The minimum atomic E-state index is -1.18. The van der Waals surface area contributed by atoms with Gasteiger partial charge in [-0.25, -0.2) is 9.97 Å². The lowest BCUT2D eigenvalue weighted by molar-refractivity contribution is 0.0912. The van der Waals surface area contributed by atoms with E-state index in [9.17, 15) is 81.7 Å². The molecule has 8 bridgehead atoms. The third-order valence-electron chi connectivity index (χ3n) is 15.1. The van der Waals surface area contributed by atoms with Gasteiger partial charge in [0.2, 0.25) is 0 Å². The van der Waals surface area contributed by atoms with E-state index in [1.54, 1.807) is 0 Å². The van der Waals surface area contributed by atoms with Crippen LogP contribution in [0.15, 0.2) is 72.8 Å². The predicted molar refractivity (Wildman–Crippen MR) is 299 cm³/mol. The number of aromatic nitrogens is 4. The number of hydrogen-bond donors (Lipinski definition) is 18. The quantitative estimate of drug-likeness (QED) is 0.0391. The Morgan fingerprint density at radius 1 is 0.250 bits per heavy atom. The van der Waals surface area contributed by atoms with E-state index in [2.05, 4.69) is 9.97 Å². The molecule has 7 aromatic rings. The molecule has 3 aromatic heterocycles. The lowest BCUT2D eigenvalue weighted by atomic mass is 9.90. The Morgan fingerprint density at radius 3 is 0.575 bits per heavy atom. The minimum absolute atomic E-state index is 0.0145. The molecule has 18 N–H and O–H groups in total. The van der Waals surface area contributed by atoms with Gasteiger partial charge >= 0.3 is 0 Å². The fourth-order valence-electron chi connectivity index (χ4n) is 11.1. The van der Waals surface area contributed by atoms with Crippen LogP contribution >= 0.6 is 0 Å². The number of benzene rings is 4. The average Bonchev–Trinajstić information content (AvgIpc) is 4.21. The highest BCUT2D eigenvalue weighted by Gasteiger charge is 2.27.